The molecule has 2 unspecified atom stereocenters. The van der Waals surface area contributed by atoms with Crippen molar-refractivity contribution in [3.8, 4) is 0 Å². The number of ether oxygens (including phenoxy) is 1. The Labute approximate surface area is 110 Å². The highest BCUT2D eigenvalue weighted by Gasteiger charge is 2.35. The standard InChI is InChI=1S/C10H18BrNO4S/c1-16-7-8(6-11)12-10(13)9-4-2-3-5-17(9,14)15/h8-9H,2-7H2,1H3,(H,12,13). The Bertz CT molecular complexity index is 357. The van der Waals surface area contributed by atoms with E-state index in [2.05, 4.69) is 21.2 Å². The molecular formula is C10H18BrNO4S. The second-order valence-electron chi connectivity index (χ2n) is 4.17. The SMILES string of the molecule is COCC(CBr)NC(=O)C1CCCCS1(=O)=O. The molecule has 1 saturated heterocycles. The predicted molar refractivity (Wildman–Crippen MR) is 69.0 cm³/mol. The van der Waals surface area contributed by atoms with Gasteiger partial charge in [0.1, 0.15) is 5.25 Å². The van der Waals surface area contributed by atoms with E-state index in [1.807, 2.05) is 0 Å². The van der Waals surface area contributed by atoms with Crippen LogP contribution in [0, 0.1) is 0 Å². The van der Waals surface area contributed by atoms with Gasteiger partial charge in [-0.15, -0.1) is 0 Å². The molecule has 0 radical (unpaired) electrons. The molecule has 2 atom stereocenters. The van der Waals surface area contributed by atoms with E-state index < -0.39 is 21.0 Å². The molecule has 0 aromatic carbocycles. The van der Waals surface area contributed by atoms with E-state index in [1.54, 1.807) is 7.11 Å². The van der Waals surface area contributed by atoms with E-state index in [4.69, 9.17) is 4.74 Å². The maximum atomic E-state index is 11.9. The average Bonchev–Trinajstić information content (AvgIpc) is 2.27. The van der Waals surface area contributed by atoms with Crippen LogP contribution in [0.25, 0.3) is 0 Å². The Kier molecular flexibility index (Phi) is 5.88. The molecule has 1 rings (SSSR count). The summed E-state index contributed by atoms with van der Waals surface area (Å²) in [7, 11) is -1.72. The molecule has 0 aliphatic carbocycles. The summed E-state index contributed by atoms with van der Waals surface area (Å²) in [5, 5.41) is 2.36. The minimum Gasteiger partial charge on any atom is -0.383 e. The third-order valence-corrected chi connectivity index (χ3v) is 5.73. The smallest absolute Gasteiger partial charge is 0.238 e. The number of carbonyl (C=O) groups is 1. The number of sulfone groups is 1. The minimum atomic E-state index is -3.26. The van der Waals surface area contributed by atoms with Crippen molar-refractivity contribution >= 4 is 31.7 Å². The lowest BCUT2D eigenvalue weighted by Crippen LogP contribution is -2.48. The zero-order valence-corrected chi connectivity index (χ0v) is 12.2. The molecule has 1 aliphatic heterocycles. The molecule has 1 N–H and O–H groups in total. The van der Waals surface area contributed by atoms with E-state index in [9.17, 15) is 13.2 Å². The Morgan fingerprint density at radius 1 is 1.53 bits per heavy atom. The van der Waals surface area contributed by atoms with Crippen LogP contribution in [-0.4, -0.2) is 50.4 Å². The van der Waals surface area contributed by atoms with Crippen LogP contribution in [-0.2, 0) is 19.4 Å². The molecule has 1 fully saturated rings. The van der Waals surface area contributed by atoms with Gasteiger partial charge in [-0.25, -0.2) is 8.42 Å². The fourth-order valence-corrected chi connectivity index (χ4v) is 4.03. The van der Waals surface area contributed by atoms with E-state index in [1.165, 1.54) is 0 Å². The summed E-state index contributed by atoms with van der Waals surface area (Å²) in [6.07, 6.45) is 1.88. The first-order valence-corrected chi connectivity index (χ1v) is 8.42. The molecule has 0 spiro atoms. The van der Waals surface area contributed by atoms with Crippen LogP contribution >= 0.6 is 15.9 Å². The first-order chi connectivity index (χ1) is 8.01. The van der Waals surface area contributed by atoms with Gasteiger partial charge in [0.25, 0.3) is 0 Å². The molecule has 0 aromatic heterocycles. The van der Waals surface area contributed by atoms with Crippen LogP contribution in [0.3, 0.4) is 0 Å². The van der Waals surface area contributed by atoms with Crippen molar-refractivity contribution < 1.29 is 17.9 Å². The third-order valence-electron chi connectivity index (χ3n) is 2.77. The summed E-state index contributed by atoms with van der Waals surface area (Å²) in [6, 6.07) is -0.190. The number of hydrogen-bond donors (Lipinski definition) is 1. The summed E-state index contributed by atoms with van der Waals surface area (Å²) in [4.78, 5) is 11.9. The van der Waals surface area contributed by atoms with Crippen molar-refractivity contribution in [3.63, 3.8) is 0 Å². The second-order valence-corrected chi connectivity index (χ2v) is 7.12. The molecule has 17 heavy (non-hydrogen) atoms. The van der Waals surface area contributed by atoms with Gasteiger partial charge in [0.15, 0.2) is 9.84 Å². The fraction of sp³-hybridized carbons (Fsp3) is 0.900. The first-order valence-electron chi connectivity index (χ1n) is 5.58. The quantitative estimate of drug-likeness (QED) is 0.745. The number of amides is 1. The Morgan fingerprint density at radius 2 is 2.24 bits per heavy atom. The highest BCUT2D eigenvalue weighted by atomic mass is 79.9. The number of hydrogen-bond acceptors (Lipinski definition) is 4. The topological polar surface area (TPSA) is 72.5 Å². The molecule has 7 heteroatoms. The van der Waals surface area contributed by atoms with Crippen molar-refractivity contribution in [1.29, 1.82) is 0 Å². The summed E-state index contributed by atoms with van der Waals surface area (Å²) in [5.41, 5.74) is 0. The molecule has 0 aromatic rings. The highest BCUT2D eigenvalue weighted by Crippen LogP contribution is 2.19. The lowest BCUT2D eigenvalue weighted by molar-refractivity contribution is -0.121. The van der Waals surface area contributed by atoms with Gasteiger partial charge >= 0.3 is 0 Å². The number of methoxy groups -OCH3 is 1. The number of alkyl halides is 1. The summed E-state index contributed by atoms with van der Waals surface area (Å²) in [5.74, 6) is -0.278. The third kappa shape index (κ3) is 4.22. The normalized spacial score (nSPS) is 25.2. The molecule has 1 heterocycles. The van der Waals surface area contributed by atoms with Crippen molar-refractivity contribution in [3.05, 3.63) is 0 Å². The number of carbonyl (C=O) groups excluding carboxylic acids is 1. The van der Waals surface area contributed by atoms with Crippen LogP contribution in [0.15, 0.2) is 0 Å². The van der Waals surface area contributed by atoms with Crippen molar-refractivity contribution in [2.75, 3.05) is 24.8 Å². The van der Waals surface area contributed by atoms with Crippen molar-refractivity contribution in [2.45, 2.75) is 30.6 Å². The summed E-state index contributed by atoms with van der Waals surface area (Å²) < 4.78 is 28.4. The van der Waals surface area contributed by atoms with E-state index >= 15 is 0 Å². The predicted octanol–water partition coefficient (Wildman–Crippen LogP) is 0.480. The van der Waals surface area contributed by atoms with Crippen LogP contribution < -0.4 is 5.32 Å². The number of halogens is 1. The molecule has 5 nitrogen and oxygen atoms in total. The van der Waals surface area contributed by atoms with Crippen molar-refractivity contribution in [2.24, 2.45) is 0 Å². The number of rotatable bonds is 5. The zero-order chi connectivity index (χ0) is 12.9. The lowest BCUT2D eigenvalue weighted by atomic mass is 10.1. The molecule has 0 bridgehead atoms. The summed E-state index contributed by atoms with van der Waals surface area (Å²) >= 11 is 3.25. The lowest BCUT2D eigenvalue weighted by Gasteiger charge is -2.24. The van der Waals surface area contributed by atoms with E-state index in [0.29, 0.717) is 24.8 Å². The number of nitrogens with one attached hydrogen (secondary N) is 1. The van der Waals surface area contributed by atoms with Gasteiger partial charge in [-0.3, -0.25) is 4.79 Å². The van der Waals surface area contributed by atoms with Gasteiger partial charge in [-0.05, 0) is 12.8 Å². The van der Waals surface area contributed by atoms with E-state index in [0.717, 1.165) is 6.42 Å². The van der Waals surface area contributed by atoms with Gasteiger partial charge in [0.05, 0.1) is 18.4 Å². The van der Waals surface area contributed by atoms with Gasteiger partial charge in [0.2, 0.25) is 5.91 Å². The van der Waals surface area contributed by atoms with Crippen LogP contribution in [0.5, 0.6) is 0 Å². The highest BCUT2D eigenvalue weighted by molar-refractivity contribution is 9.09. The molecule has 1 aliphatic rings. The van der Waals surface area contributed by atoms with Crippen LogP contribution in [0.4, 0.5) is 0 Å². The van der Waals surface area contributed by atoms with Gasteiger partial charge in [-0.2, -0.15) is 0 Å². The fourth-order valence-electron chi connectivity index (χ4n) is 1.87. The summed E-state index contributed by atoms with van der Waals surface area (Å²) in [6.45, 7) is 0.365. The maximum absolute atomic E-state index is 11.9. The monoisotopic (exact) mass is 327 g/mol. The second kappa shape index (κ2) is 6.70. The molecule has 100 valence electrons. The minimum absolute atomic E-state index is 0.119. The van der Waals surface area contributed by atoms with Crippen LogP contribution in [0.2, 0.25) is 0 Å². The Morgan fingerprint density at radius 3 is 2.76 bits per heavy atom. The Balaban J connectivity index is 2.62. The molecule has 1 amide bonds. The van der Waals surface area contributed by atoms with Crippen molar-refractivity contribution in [1.82, 2.24) is 5.32 Å². The van der Waals surface area contributed by atoms with Gasteiger partial charge in [0, 0.05) is 12.4 Å². The first kappa shape index (κ1) is 14.9. The van der Waals surface area contributed by atoms with Gasteiger partial charge < -0.3 is 10.1 Å². The molecular weight excluding hydrogens is 310 g/mol. The van der Waals surface area contributed by atoms with E-state index in [-0.39, 0.29) is 11.8 Å². The van der Waals surface area contributed by atoms with Gasteiger partial charge in [-0.1, -0.05) is 22.4 Å². The zero-order valence-electron chi connectivity index (χ0n) is 9.82. The maximum Gasteiger partial charge on any atom is 0.238 e. The Hall–Kier alpha value is -0.140. The largest absolute Gasteiger partial charge is 0.383 e. The molecule has 0 saturated carbocycles. The van der Waals surface area contributed by atoms with Crippen LogP contribution in [0.1, 0.15) is 19.3 Å². The average molecular weight is 328 g/mol.